The maximum Gasteiger partial charge on any atom is 0.220 e. The van der Waals surface area contributed by atoms with E-state index >= 15 is 0 Å². The lowest BCUT2D eigenvalue weighted by molar-refractivity contribution is -0.122. The minimum atomic E-state index is -1.14. The highest BCUT2D eigenvalue weighted by atomic mass is 16.3. The van der Waals surface area contributed by atoms with Crippen LogP contribution in [0.2, 0.25) is 0 Å². The third-order valence-corrected chi connectivity index (χ3v) is 3.98. The van der Waals surface area contributed by atoms with Crippen LogP contribution in [0.3, 0.4) is 0 Å². The Hall–Kier alpha value is -2.46. The Labute approximate surface area is 142 Å². The van der Waals surface area contributed by atoms with E-state index in [9.17, 15) is 14.7 Å². The van der Waals surface area contributed by atoms with Gasteiger partial charge in [-0.1, -0.05) is 60.2 Å². The number of hydrogen-bond donors (Lipinski definition) is 2. The summed E-state index contributed by atoms with van der Waals surface area (Å²) in [5.74, 6) is -0.299. The predicted octanol–water partition coefficient (Wildman–Crippen LogP) is 2.98. The van der Waals surface area contributed by atoms with E-state index in [1.807, 2.05) is 49.4 Å². The molecule has 24 heavy (non-hydrogen) atoms. The summed E-state index contributed by atoms with van der Waals surface area (Å²) in [7, 11) is 0. The minimum absolute atomic E-state index is 0.0556. The summed E-state index contributed by atoms with van der Waals surface area (Å²) in [6.45, 7) is 3.72. The summed E-state index contributed by atoms with van der Waals surface area (Å²) in [5, 5.41) is 13.1. The highest BCUT2D eigenvalue weighted by Gasteiger charge is 2.23. The van der Waals surface area contributed by atoms with Gasteiger partial charge in [0.15, 0.2) is 5.78 Å². The van der Waals surface area contributed by atoms with Crippen molar-refractivity contribution in [3.05, 3.63) is 71.3 Å². The summed E-state index contributed by atoms with van der Waals surface area (Å²) < 4.78 is 0. The van der Waals surface area contributed by atoms with Crippen LogP contribution in [0.5, 0.6) is 0 Å². The first-order valence-electron chi connectivity index (χ1n) is 8.03. The fourth-order valence-corrected chi connectivity index (χ4v) is 2.37. The van der Waals surface area contributed by atoms with Crippen LogP contribution < -0.4 is 5.32 Å². The first-order chi connectivity index (χ1) is 11.4. The topological polar surface area (TPSA) is 66.4 Å². The molecule has 0 saturated heterocycles. The molecule has 2 aromatic rings. The third kappa shape index (κ3) is 5.03. The van der Waals surface area contributed by atoms with Crippen LogP contribution in [0.4, 0.5) is 0 Å². The molecule has 2 aromatic carbocycles. The maximum atomic E-state index is 12.1. The quantitative estimate of drug-likeness (QED) is 0.769. The molecule has 0 aromatic heterocycles. The highest BCUT2D eigenvalue weighted by molar-refractivity contribution is 5.97. The van der Waals surface area contributed by atoms with Crippen molar-refractivity contribution in [1.29, 1.82) is 0 Å². The fraction of sp³-hybridized carbons (Fsp3) is 0.300. The Morgan fingerprint density at radius 3 is 2.25 bits per heavy atom. The Kier molecular flexibility index (Phi) is 5.88. The molecule has 2 N–H and O–H groups in total. The lowest BCUT2D eigenvalue weighted by atomic mass is 9.96. The van der Waals surface area contributed by atoms with E-state index in [0.717, 1.165) is 11.1 Å². The van der Waals surface area contributed by atoms with E-state index in [-0.39, 0.29) is 31.1 Å². The first kappa shape index (κ1) is 17.9. The van der Waals surface area contributed by atoms with Crippen LogP contribution >= 0.6 is 0 Å². The first-order valence-corrected chi connectivity index (χ1v) is 8.03. The molecule has 0 bridgehead atoms. The van der Waals surface area contributed by atoms with Crippen molar-refractivity contribution in [3.8, 4) is 0 Å². The monoisotopic (exact) mass is 325 g/mol. The zero-order chi connectivity index (χ0) is 17.6. The zero-order valence-electron chi connectivity index (χ0n) is 14.1. The summed E-state index contributed by atoms with van der Waals surface area (Å²) in [4.78, 5) is 24.0. The van der Waals surface area contributed by atoms with Gasteiger partial charge in [-0.25, -0.2) is 0 Å². The molecule has 4 heteroatoms. The van der Waals surface area contributed by atoms with Crippen molar-refractivity contribution in [2.24, 2.45) is 0 Å². The Morgan fingerprint density at radius 2 is 1.62 bits per heavy atom. The third-order valence-electron chi connectivity index (χ3n) is 3.98. The number of carbonyl (C=O) groups is 2. The van der Waals surface area contributed by atoms with Gasteiger partial charge in [-0.2, -0.15) is 0 Å². The molecular formula is C20H23NO3. The van der Waals surface area contributed by atoms with Crippen molar-refractivity contribution in [3.63, 3.8) is 0 Å². The molecule has 4 nitrogen and oxygen atoms in total. The summed E-state index contributed by atoms with van der Waals surface area (Å²) in [6, 6.07) is 16.5. The Balaban J connectivity index is 1.81. The van der Waals surface area contributed by atoms with Gasteiger partial charge in [0.05, 0.1) is 6.54 Å². The van der Waals surface area contributed by atoms with Gasteiger partial charge >= 0.3 is 0 Å². The molecule has 0 aliphatic rings. The number of carbonyl (C=O) groups excluding carboxylic acids is 2. The lowest BCUT2D eigenvalue weighted by Crippen LogP contribution is -2.38. The van der Waals surface area contributed by atoms with Crippen LogP contribution in [-0.4, -0.2) is 23.3 Å². The van der Waals surface area contributed by atoms with E-state index in [4.69, 9.17) is 0 Å². The van der Waals surface area contributed by atoms with Crippen molar-refractivity contribution in [2.45, 2.75) is 32.3 Å². The molecule has 126 valence electrons. The van der Waals surface area contributed by atoms with E-state index in [0.29, 0.717) is 5.56 Å². The lowest BCUT2D eigenvalue weighted by Gasteiger charge is -2.24. The molecule has 0 radical (unpaired) electrons. The predicted molar refractivity (Wildman–Crippen MR) is 93.8 cm³/mol. The number of hydrogen-bond acceptors (Lipinski definition) is 3. The number of rotatable bonds is 7. The van der Waals surface area contributed by atoms with Gasteiger partial charge in [-0.05, 0) is 19.4 Å². The SMILES string of the molecule is Cc1ccc(C(=O)CCC(=O)NCC(C)(O)c2ccccc2)cc1. The number of aliphatic hydroxyl groups is 1. The summed E-state index contributed by atoms with van der Waals surface area (Å²) in [5.41, 5.74) is 1.30. The van der Waals surface area contributed by atoms with Gasteiger partial charge < -0.3 is 10.4 Å². The largest absolute Gasteiger partial charge is 0.384 e. The van der Waals surface area contributed by atoms with Crippen LogP contribution in [0, 0.1) is 6.92 Å². The number of nitrogens with one attached hydrogen (secondary N) is 1. The second-order valence-corrected chi connectivity index (χ2v) is 6.21. The second-order valence-electron chi connectivity index (χ2n) is 6.21. The van der Waals surface area contributed by atoms with Crippen LogP contribution in [0.25, 0.3) is 0 Å². The van der Waals surface area contributed by atoms with Crippen LogP contribution in [-0.2, 0) is 10.4 Å². The molecular weight excluding hydrogens is 302 g/mol. The van der Waals surface area contributed by atoms with E-state index < -0.39 is 5.60 Å². The molecule has 0 spiro atoms. The smallest absolute Gasteiger partial charge is 0.220 e. The van der Waals surface area contributed by atoms with Gasteiger partial charge in [-0.15, -0.1) is 0 Å². The molecule has 0 aliphatic carbocycles. The zero-order valence-corrected chi connectivity index (χ0v) is 14.1. The van der Waals surface area contributed by atoms with Crippen molar-refractivity contribution >= 4 is 11.7 Å². The Morgan fingerprint density at radius 1 is 1.00 bits per heavy atom. The van der Waals surface area contributed by atoms with E-state index in [1.165, 1.54) is 0 Å². The summed E-state index contributed by atoms with van der Waals surface area (Å²) in [6.07, 6.45) is 0.264. The number of aryl methyl sites for hydroxylation is 1. The molecule has 1 atom stereocenters. The maximum absolute atomic E-state index is 12.1. The molecule has 1 amide bonds. The minimum Gasteiger partial charge on any atom is -0.384 e. The van der Waals surface area contributed by atoms with Crippen molar-refractivity contribution in [2.75, 3.05) is 6.54 Å². The van der Waals surface area contributed by atoms with Crippen LogP contribution in [0.15, 0.2) is 54.6 Å². The number of amides is 1. The normalized spacial score (nSPS) is 13.1. The van der Waals surface area contributed by atoms with Gasteiger partial charge in [-0.3, -0.25) is 9.59 Å². The highest BCUT2D eigenvalue weighted by Crippen LogP contribution is 2.19. The van der Waals surface area contributed by atoms with Gasteiger partial charge in [0.1, 0.15) is 5.60 Å². The molecule has 0 saturated carbocycles. The second kappa shape index (κ2) is 7.88. The molecule has 0 heterocycles. The van der Waals surface area contributed by atoms with Gasteiger partial charge in [0, 0.05) is 18.4 Å². The fourth-order valence-electron chi connectivity index (χ4n) is 2.37. The van der Waals surface area contributed by atoms with E-state index in [1.54, 1.807) is 19.1 Å². The Bertz CT molecular complexity index is 691. The van der Waals surface area contributed by atoms with Crippen molar-refractivity contribution in [1.82, 2.24) is 5.32 Å². The standard InChI is InChI=1S/C20H23NO3/c1-15-8-10-16(11-9-15)18(22)12-13-19(23)21-14-20(2,24)17-6-4-3-5-7-17/h3-11,24H,12-14H2,1-2H3,(H,21,23). The molecule has 2 rings (SSSR count). The van der Waals surface area contributed by atoms with Crippen LogP contribution in [0.1, 0.15) is 41.3 Å². The molecule has 0 aliphatic heterocycles. The van der Waals surface area contributed by atoms with Crippen molar-refractivity contribution < 1.29 is 14.7 Å². The average molecular weight is 325 g/mol. The molecule has 1 unspecified atom stereocenters. The number of benzene rings is 2. The average Bonchev–Trinajstić information content (AvgIpc) is 2.59. The van der Waals surface area contributed by atoms with Gasteiger partial charge in [0.2, 0.25) is 5.91 Å². The number of ketones is 1. The summed E-state index contributed by atoms with van der Waals surface area (Å²) >= 11 is 0. The van der Waals surface area contributed by atoms with E-state index in [2.05, 4.69) is 5.32 Å². The molecule has 0 fully saturated rings. The van der Waals surface area contributed by atoms with Gasteiger partial charge in [0.25, 0.3) is 0 Å². The number of Topliss-reactive ketones (excluding diaryl/α,β-unsaturated/α-hetero) is 1.